The van der Waals surface area contributed by atoms with Crippen LogP contribution in [0.25, 0.3) is 22.0 Å². The normalized spacial score (nSPS) is 11.4. The fourth-order valence-corrected chi connectivity index (χ4v) is 4.65. The van der Waals surface area contributed by atoms with E-state index < -0.39 is 17.4 Å². The number of amides is 2. The fraction of sp³-hybridized carbons (Fsp3) is 0.269. The molecule has 2 aromatic carbocycles. The molecular formula is C26H27N5O3S. The number of anilines is 1. The van der Waals surface area contributed by atoms with Crippen LogP contribution < -0.4 is 16.6 Å². The lowest BCUT2D eigenvalue weighted by molar-refractivity contribution is -0.117. The first-order valence-corrected chi connectivity index (χ1v) is 12.2. The zero-order valence-corrected chi connectivity index (χ0v) is 20.8. The lowest BCUT2D eigenvalue weighted by atomic mass is 9.90. The van der Waals surface area contributed by atoms with Crippen LogP contribution in [0.5, 0.6) is 0 Å². The van der Waals surface area contributed by atoms with Crippen molar-refractivity contribution in [3.8, 4) is 11.3 Å². The molecule has 8 nitrogen and oxygen atoms in total. The van der Waals surface area contributed by atoms with Crippen molar-refractivity contribution in [1.29, 1.82) is 0 Å². The Morgan fingerprint density at radius 3 is 2.43 bits per heavy atom. The smallest absolute Gasteiger partial charge is 0.275 e. The van der Waals surface area contributed by atoms with E-state index in [9.17, 15) is 14.4 Å². The van der Waals surface area contributed by atoms with E-state index in [1.165, 1.54) is 22.5 Å². The number of primary amides is 1. The summed E-state index contributed by atoms with van der Waals surface area (Å²) in [5.41, 5.74) is 9.18. The van der Waals surface area contributed by atoms with Crippen LogP contribution >= 0.6 is 11.3 Å². The molecule has 0 bridgehead atoms. The average molecular weight is 490 g/mol. The van der Waals surface area contributed by atoms with Gasteiger partial charge in [0.2, 0.25) is 5.91 Å². The molecule has 0 atom stereocenters. The third-order valence-corrected chi connectivity index (χ3v) is 6.54. The molecule has 180 valence electrons. The minimum atomic E-state index is -0.774. The van der Waals surface area contributed by atoms with E-state index in [-0.39, 0.29) is 17.6 Å². The number of hydrogen-bond donors (Lipinski definition) is 2. The zero-order chi connectivity index (χ0) is 25.3. The van der Waals surface area contributed by atoms with Gasteiger partial charge in [-0.25, -0.2) is 9.67 Å². The highest BCUT2D eigenvalue weighted by Gasteiger charge is 2.18. The molecule has 0 saturated carbocycles. The van der Waals surface area contributed by atoms with E-state index in [2.05, 4.69) is 61.3 Å². The predicted octanol–water partition coefficient (Wildman–Crippen LogP) is 4.50. The molecule has 2 amide bonds. The third kappa shape index (κ3) is 5.00. The lowest BCUT2D eigenvalue weighted by Gasteiger charge is -2.15. The largest absolute Gasteiger partial charge is 0.364 e. The van der Waals surface area contributed by atoms with Crippen molar-refractivity contribution in [1.82, 2.24) is 14.8 Å². The molecule has 0 unspecified atom stereocenters. The number of benzene rings is 2. The van der Waals surface area contributed by atoms with Gasteiger partial charge in [0.1, 0.15) is 6.54 Å². The van der Waals surface area contributed by atoms with Crippen molar-refractivity contribution in [3.05, 3.63) is 75.0 Å². The molecule has 9 heteroatoms. The maximum absolute atomic E-state index is 12.8. The molecule has 4 aromatic rings. The second kappa shape index (κ2) is 9.79. The van der Waals surface area contributed by atoms with Gasteiger partial charge in [0, 0.05) is 16.3 Å². The van der Waals surface area contributed by atoms with E-state index in [1.807, 2.05) is 5.38 Å². The van der Waals surface area contributed by atoms with E-state index in [1.54, 1.807) is 24.3 Å². The van der Waals surface area contributed by atoms with Crippen molar-refractivity contribution < 1.29 is 9.59 Å². The van der Waals surface area contributed by atoms with Gasteiger partial charge in [-0.2, -0.15) is 5.10 Å². The number of carbonyl (C=O) groups is 2. The molecule has 2 heterocycles. The van der Waals surface area contributed by atoms with E-state index in [0.717, 1.165) is 15.9 Å². The highest BCUT2D eigenvalue weighted by atomic mass is 32.1. The number of thiazole rings is 1. The average Bonchev–Trinajstić information content (AvgIpc) is 3.28. The molecule has 0 aliphatic carbocycles. The molecule has 4 rings (SSSR count). The van der Waals surface area contributed by atoms with Gasteiger partial charge in [0.25, 0.3) is 11.5 Å². The summed E-state index contributed by atoms with van der Waals surface area (Å²) in [5.74, 6) is -0.516. The van der Waals surface area contributed by atoms with Crippen LogP contribution in [0.2, 0.25) is 0 Å². The molecule has 35 heavy (non-hydrogen) atoms. The van der Waals surface area contributed by atoms with Crippen LogP contribution in [0.1, 0.15) is 61.1 Å². The van der Waals surface area contributed by atoms with Crippen molar-refractivity contribution in [2.45, 2.75) is 46.1 Å². The van der Waals surface area contributed by atoms with Crippen LogP contribution in [0.3, 0.4) is 0 Å². The first kappa shape index (κ1) is 24.3. The van der Waals surface area contributed by atoms with E-state index in [0.29, 0.717) is 22.4 Å². The molecule has 0 aliphatic rings. The van der Waals surface area contributed by atoms with Gasteiger partial charge in [-0.1, -0.05) is 64.1 Å². The Hall–Kier alpha value is -3.85. The summed E-state index contributed by atoms with van der Waals surface area (Å²) in [5, 5.41) is 9.72. The van der Waals surface area contributed by atoms with Crippen molar-refractivity contribution in [3.63, 3.8) is 0 Å². The Balaban J connectivity index is 1.58. The maximum Gasteiger partial charge on any atom is 0.275 e. The Morgan fingerprint density at radius 2 is 1.77 bits per heavy atom. The number of nitrogens with two attached hydrogens (primary N) is 1. The van der Waals surface area contributed by atoms with Crippen molar-refractivity contribution >= 4 is 39.1 Å². The Labute approximate surface area is 206 Å². The van der Waals surface area contributed by atoms with Crippen molar-refractivity contribution in [2.24, 2.45) is 5.73 Å². The van der Waals surface area contributed by atoms with Crippen LogP contribution in [0, 0.1) is 0 Å². The van der Waals surface area contributed by atoms with Crippen LogP contribution in [-0.2, 0) is 11.3 Å². The van der Waals surface area contributed by atoms with Gasteiger partial charge in [0.05, 0.1) is 11.1 Å². The fourth-order valence-electron chi connectivity index (χ4n) is 3.93. The Morgan fingerprint density at radius 1 is 1.06 bits per heavy atom. The number of hydrogen-bond acceptors (Lipinski definition) is 6. The van der Waals surface area contributed by atoms with Gasteiger partial charge in [-0.05, 0) is 29.0 Å². The van der Waals surface area contributed by atoms with Crippen molar-refractivity contribution in [2.75, 3.05) is 5.32 Å². The first-order valence-electron chi connectivity index (χ1n) is 11.3. The number of carbonyl (C=O) groups excluding carboxylic acids is 2. The molecular weight excluding hydrogens is 462 g/mol. The summed E-state index contributed by atoms with van der Waals surface area (Å²) in [6.07, 6.45) is 0. The zero-order valence-electron chi connectivity index (χ0n) is 20.0. The molecule has 3 N–H and O–H groups in total. The number of nitrogens with one attached hydrogen (secondary N) is 1. The first-order chi connectivity index (χ1) is 16.7. The van der Waals surface area contributed by atoms with E-state index in [4.69, 9.17) is 5.73 Å². The summed E-state index contributed by atoms with van der Waals surface area (Å²) in [7, 11) is 0. The second-order valence-electron chi connectivity index (χ2n) is 8.96. The number of rotatable bonds is 7. The summed E-state index contributed by atoms with van der Waals surface area (Å²) in [4.78, 5) is 42.0. The molecule has 0 saturated heterocycles. The monoisotopic (exact) mass is 489 g/mol. The highest BCUT2D eigenvalue weighted by Crippen LogP contribution is 2.33. The van der Waals surface area contributed by atoms with Gasteiger partial charge in [-0.15, -0.1) is 11.3 Å². The maximum atomic E-state index is 12.8. The van der Waals surface area contributed by atoms with Gasteiger partial charge < -0.3 is 11.1 Å². The minimum absolute atomic E-state index is 0.0596. The van der Waals surface area contributed by atoms with Gasteiger partial charge in [0.15, 0.2) is 10.8 Å². The predicted molar refractivity (Wildman–Crippen MR) is 139 cm³/mol. The lowest BCUT2D eigenvalue weighted by Crippen LogP contribution is -2.32. The summed E-state index contributed by atoms with van der Waals surface area (Å²) in [6, 6.07) is 12.9. The molecule has 0 aliphatic heterocycles. The van der Waals surface area contributed by atoms with E-state index >= 15 is 0 Å². The molecule has 2 aromatic heterocycles. The van der Waals surface area contributed by atoms with Crippen LogP contribution in [0.4, 0.5) is 5.13 Å². The molecule has 0 fully saturated rings. The van der Waals surface area contributed by atoms with Gasteiger partial charge in [-0.3, -0.25) is 14.4 Å². The molecule has 0 spiro atoms. The van der Waals surface area contributed by atoms with Crippen LogP contribution in [-0.4, -0.2) is 26.6 Å². The van der Waals surface area contributed by atoms with Crippen LogP contribution in [0.15, 0.2) is 52.6 Å². The molecule has 0 radical (unpaired) electrons. The Bertz CT molecular complexity index is 1490. The number of nitrogens with zero attached hydrogens (tertiary/aromatic N) is 3. The second-order valence-corrected chi connectivity index (χ2v) is 9.82. The topological polar surface area (TPSA) is 120 Å². The highest BCUT2D eigenvalue weighted by molar-refractivity contribution is 7.14. The minimum Gasteiger partial charge on any atom is -0.364 e. The summed E-state index contributed by atoms with van der Waals surface area (Å²) >= 11 is 1.30. The summed E-state index contributed by atoms with van der Waals surface area (Å²) in [6.45, 7) is 8.24. The third-order valence-electron chi connectivity index (χ3n) is 5.79. The van der Waals surface area contributed by atoms with Gasteiger partial charge >= 0.3 is 0 Å². The summed E-state index contributed by atoms with van der Waals surface area (Å²) < 4.78 is 0.952. The quantitative estimate of drug-likeness (QED) is 0.396. The number of fused-ring (bicyclic) bond motifs is 1. The SMILES string of the molecule is CC(C)c1ccc(-c2csc(NC(=O)Cn3nc(C(N)=O)c4ccccc4c3=O)n2)c(C(C)C)c1. The number of aromatic nitrogens is 3. The standard InChI is InChI=1S/C26H27N5O3S/c1-14(2)16-9-10-17(20(11-16)15(3)4)21-13-35-26(28-21)29-22(32)12-31-25(34)19-8-6-5-7-18(19)23(30-31)24(27)33/h5-11,13-15H,12H2,1-4H3,(H2,27,33)(H,28,29,32). The Kier molecular flexibility index (Phi) is 6.79.